The van der Waals surface area contributed by atoms with Crippen LogP contribution in [0.1, 0.15) is 6.42 Å². The van der Waals surface area contributed by atoms with E-state index in [-0.39, 0.29) is 18.4 Å². The predicted octanol–water partition coefficient (Wildman–Crippen LogP) is -0.987. The van der Waals surface area contributed by atoms with Gasteiger partial charge in [-0.15, -0.1) is 0 Å². The molecule has 0 radical (unpaired) electrons. The Labute approximate surface area is 60.5 Å². The Kier molecular flexibility index (Phi) is 1.98. The number of nitrogens with zero attached hydrogens (tertiary/aromatic N) is 1. The fourth-order valence-corrected chi connectivity index (χ4v) is 2.53. The lowest BCUT2D eigenvalue weighted by atomic mass is 10.2. The van der Waals surface area contributed by atoms with Gasteiger partial charge in [-0.3, -0.25) is 0 Å². The Bertz CT molecular complexity index is 211. The lowest BCUT2D eigenvalue weighted by Crippen LogP contribution is -2.31. The molecular weight excluding hydrogens is 154 g/mol. The average Bonchev–Trinajstić information content (AvgIpc) is 2.10. The molecule has 1 atom stereocenters. The molecule has 0 bridgehead atoms. The average molecular weight is 165 g/mol. The van der Waals surface area contributed by atoms with Crippen molar-refractivity contribution in [2.45, 2.75) is 12.5 Å². The number of rotatable bonds is 1. The highest BCUT2D eigenvalue weighted by molar-refractivity contribution is 7.89. The molecule has 60 valence electrons. The van der Waals surface area contributed by atoms with Crippen LogP contribution in [0.2, 0.25) is 0 Å². The van der Waals surface area contributed by atoms with Crippen LogP contribution in [0.25, 0.3) is 0 Å². The van der Waals surface area contributed by atoms with E-state index in [1.54, 1.807) is 0 Å². The summed E-state index contributed by atoms with van der Waals surface area (Å²) >= 11 is 0. The lowest BCUT2D eigenvalue weighted by Gasteiger charge is -2.14. The number of sulfonamides is 1. The maximum absolute atomic E-state index is 10.9. The highest BCUT2D eigenvalue weighted by atomic mass is 32.2. The zero-order valence-electron chi connectivity index (χ0n) is 5.82. The third-order valence-electron chi connectivity index (χ3n) is 1.87. The van der Waals surface area contributed by atoms with Crippen LogP contribution in [0.4, 0.5) is 0 Å². The molecule has 1 N–H and O–H groups in total. The number of aliphatic hydroxyl groups is 1. The normalized spacial score (nSPS) is 32.8. The second-order valence-electron chi connectivity index (χ2n) is 2.46. The van der Waals surface area contributed by atoms with Crippen molar-refractivity contribution < 1.29 is 13.5 Å². The van der Waals surface area contributed by atoms with E-state index in [1.165, 1.54) is 11.4 Å². The van der Waals surface area contributed by atoms with Crippen LogP contribution in [0.5, 0.6) is 0 Å². The maximum atomic E-state index is 10.9. The molecule has 1 fully saturated rings. The molecule has 0 aliphatic carbocycles. The third kappa shape index (κ3) is 1.16. The van der Waals surface area contributed by atoms with Gasteiger partial charge in [-0.05, 0) is 6.42 Å². The van der Waals surface area contributed by atoms with Crippen molar-refractivity contribution in [1.29, 1.82) is 0 Å². The van der Waals surface area contributed by atoms with Crippen molar-refractivity contribution >= 4 is 10.0 Å². The van der Waals surface area contributed by atoms with Gasteiger partial charge >= 0.3 is 0 Å². The third-order valence-corrected chi connectivity index (χ3v) is 3.80. The van der Waals surface area contributed by atoms with Crippen molar-refractivity contribution in [3.63, 3.8) is 0 Å². The van der Waals surface area contributed by atoms with Crippen LogP contribution < -0.4 is 0 Å². The van der Waals surface area contributed by atoms with Crippen molar-refractivity contribution in [3.05, 3.63) is 0 Å². The van der Waals surface area contributed by atoms with Crippen molar-refractivity contribution in [1.82, 2.24) is 4.31 Å². The number of likely N-dealkylation sites (N-methyl/N-ethyl adjacent to an activating group) is 1. The quantitative estimate of drug-likeness (QED) is 0.543. The minimum Gasteiger partial charge on any atom is -0.395 e. The van der Waals surface area contributed by atoms with E-state index >= 15 is 0 Å². The first kappa shape index (κ1) is 7.97. The van der Waals surface area contributed by atoms with Crippen LogP contribution >= 0.6 is 0 Å². The molecule has 0 aromatic rings. The van der Waals surface area contributed by atoms with E-state index in [9.17, 15) is 8.42 Å². The summed E-state index contributed by atoms with van der Waals surface area (Å²) in [6.45, 7) is -0.0737. The van der Waals surface area contributed by atoms with Crippen LogP contribution in [0.15, 0.2) is 0 Å². The Morgan fingerprint density at radius 3 is 2.50 bits per heavy atom. The molecule has 1 aliphatic rings. The minimum atomic E-state index is -3.01. The topological polar surface area (TPSA) is 57.6 Å². The van der Waals surface area contributed by atoms with Crippen LogP contribution in [0.3, 0.4) is 0 Å². The van der Waals surface area contributed by atoms with E-state index in [1.807, 2.05) is 0 Å². The summed E-state index contributed by atoms with van der Waals surface area (Å²) < 4.78 is 23.1. The molecule has 5 heteroatoms. The van der Waals surface area contributed by atoms with E-state index in [4.69, 9.17) is 5.11 Å². The van der Waals surface area contributed by atoms with Crippen molar-refractivity contribution in [2.24, 2.45) is 0 Å². The van der Waals surface area contributed by atoms with Gasteiger partial charge in [0.25, 0.3) is 0 Å². The summed E-state index contributed by atoms with van der Waals surface area (Å²) in [7, 11) is -1.51. The molecule has 1 saturated heterocycles. The van der Waals surface area contributed by atoms with Gasteiger partial charge in [0, 0.05) is 13.1 Å². The molecule has 1 rings (SSSR count). The molecule has 10 heavy (non-hydrogen) atoms. The minimum absolute atomic E-state index is 0.0737. The predicted molar refractivity (Wildman–Crippen MR) is 37.0 cm³/mol. The van der Waals surface area contributed by atoms with Crippen LogP contribution in [0, 0.1) is 0 Å². The van der Waals surface area contributed by atoms with Gasteiger partial charge in [0.1, 0.15) is 0 Å². The Morgan fingerprint density at radius 2 is 2.30 bits per heavy atom. The number of aliphatic hydroxyl groups excluding tert-OH is 1. The van der Waals surface area contributed by atoms with Crippen LogP contribution in [-0.2, 0) is 10.0 Å². The second-order valence-corrected chi connectivity index (χ2v) is 4.61. The van der Waals surface area contributed by atoms with Crippen molar-refractivity contribution in [2.75, 3.05) is 19.4 Å². The maximum Gasteiger partial charge on any atom is 0.214 e. The smallest absolute Gasteiger partial charge is 0.214 e. The van der Waals surface area contributed by atoms with Gasteiger partial charge < -0.3 is 5.11 Å². The Balaban J connectivity index is 2.77. The van der Waals surface area contributed by atoms with Gasteiger partial charge in [0.15, 0.2) is 0 Å². The van der Waals surface area contributed by atoms with Gasteiger partial charge in [-0.25, -0.2) is 8.42 Å². The first-order valence-electron chi connectivity index (χ1n) is 3.14. The number of hydrogen-bond acceptors (Lipinski definition) is 3. The van der Waals surface area contributed by atoms with Gasteiger partial charge in [-0.2, -0.15) is 4.31 Å². The fraction of sp³-hybridized carbons (Fsp3) is 1.00. The molecule has 0 spiro atoms. The zero-order chi connectivity index (χ0) is 7.78. The summed E-state index contributed by atoms with van der Waals surface area (Å²) in [5, 5.41) is 8.66. The largest absolute Gasteiger partial charge is 0.395 e. The highest BCUT2D eigenvalue weighted by Gasteiger charge is 2.33. The van der Waals surface area contributed by atoms with Crippen LogP contribution in [-0.4, -0.2) is 43.3 Å². The summed E-state index contributed by atoms with van der Waals surface area (Å²) in [4.78, 5) is 0. The van der Waals surface area contributed by atoms with Crippen molar-refractivity contribution in [3.8, 4) is 0 Å². The first-order valence-corrected chi connectivity index (χ1v) is 4.75. The molecule has 0 amide bonds. The molecule has 4 nitrogen and oxygen atoms in total. The van der Waals surface area contributed by atoms with E-state index in [2.05, 4.69) is 0 Å². The van der Waals surface area contributed by atoms with Gasteiger partial charge in [0.2, 0.25) is 10.0 Å². The lowest BCUT2D eigenvalue weighted by molar-refractivity contribution is 0.211. The monoisotopic (exact) mass is 165 g/mol. The molecule has 0 aromatic carbocycles. The summed E-state index contributed by atoms with van der Waals surface area (Å²) in [6.07, 6.45) is 0.551. The molecule has 0 unspecified atom stereocenters. The molecule has 0 aromatic heterocycles. The summed E-state index contributed by atoms with van der Waals surface area (Å²) in [6, 6.07) is -0.190. The standard InChI is InChI=1S/C5H11NO3S/c1-6-5(4-7)2-3-10(6,8)9/h5,7H,2-4H2,1H3/t5-/m0/s1. The molecule has 1 aliphatic heterocycles. The molecular formula is C5H11NO3S. The molecule has 1 heterocycles. The number of hydrogen-bond donors (Lipinski definition) is 1. The van der Waals surface area contributed by atoms with Gasteiger partial charge in [0.05, 0.1) is 12.4 Å². The Morgan fingerprint density at radius 1 is 1.70 bits per heavy atom. The molecule has 0 saturated carbocycles. The Hall–Kier alpha value is -0.130. The highest BCUT2D eigenvalue weighted by Crippen LogP contribution is 2.17. The SMILES string of the molecule is CN1[C@H](CO)CCS1(=O)=O. The second kappa shape index (κ2) is 2.48. The van der Waals surface area contributed by atoms with E-state index in [0.29, 0.717) is 6.42 Å². The van der Waals surface area contributed by atoms with E-state index < -0.39 is 10.0 Å². The summed E-state index contributed by atoms with van der Waals surface area (Å²) in [5.41, 5.74) is 0. The van der Waals surface area contributed by atoms with E-state index in [0.717, 1.165) is 0 Å². The fourth-order valence-electron chi connectivity index (χ4n) is 1.04. The van der Waals surface area contributed by atoms with Gasteiger partial charge in [-0.1, -0.05) is 0 Å². The zero-order valence-corrected chi connectivity index (χ0v) is 6.63. The summed E-state index contributed by atoms with van der Waals surface area (Å²) in [5.74, 6) is 0.175. The first-order chi connectivity index (χ1) is 4.58.